The molecule has 4 rings (SSSR count). The molecule has 0 N–H and O–H groups in total. The van der Waals surface area contributed by atoms with Crippen molar-refractivity contribution >= 4 is 5.97 Å². The zero-order valence-corrected chi connectivity index (χ0v) is 20.9. The quantitative estimate of drug-likeness (QED) is 0.123. The molecule has 0 atom stereocenters. The van der Waals surface area contributed by atoms with Crippen LogP contribution in [-0.4, -0.2) is 25.3 Å². The van der Waals surface area contributed by atoms with Gasteiger partial charge >= 0.3 is 5.97 Å². The molecule has 0 aliphatic heterocycles. The summed E-state index contributed by atoms with van der Waals surface area (Å²) in [6.45, 7) is 6.03. The Bertz CT molecular complexity index is 1300. The minimum absolute atomic E-state index is 0.0228. The van der Waals surface area contributed by atoms with E-state index in [1.165, 1.54) is 54.6 Å². The van der Waals surface area contributed by atoms with Gasteiger partial charge in [-0.15, -0.1) is 0 Å². The van der Waals surface area contributed by atoms with E-state index < -0.39 is 34.8 Å². The molecular weight excluding hydrogens is 500 g/mol. The lowest BCUT2D eigenvalue weighted by atomic mass is 9.82. The van der Waals surface area contributed by atoms with E-state index in [0.29, 0.717) is 25.0 Å². The number of hydrogen-bond acceptors (Lipinski definition) is 4. The number of ether oxygens (including phenoxy) is 3. The SMILES string of the molecule is C=CCOc1ccc(-c2ccc(OC(=O)c3ccc(C4CCC(OCC)CC4)c(F)c3F)cc2)c(F)c1F. The second-order valence-corrected chi connectivity index (χ2v) is 9.01. The predicted octanol–water partition coefficient (Wildman–Crippen LogP) is 7.76. The molecule has 1 fully saturated rings. The maximum absolute atomic E-state index is 14.9. The van der Waals surface area contributed by atoms with Crippen LogP contribution in [0.5, 0.6) is 11.5 Å². The average molecular weight is 529 g/mol. The van der Waals surface area contributed by atoms with Crippen molar-refractivity contribution in [1.82, 2.24) is 0 Å². The summed E-state index contributed by atoms with van der Waals surface area (Å²) in [5.74, 6) is -5.96. The van der Waals surface area contributed by atoms with E-state index in [4.69, 9.17) is 14.2 Å². The topological polar surface area (TPSA) is 44.8 Å². The van der Waals surface area contributed by atoms with Gasteiger partial charge < -0.3 is 14.2 Å². The summed E-state index contributed by atoms with van der Waals surface area (Å²) in [6.07, 6.45) is 4.43. The monoisotopic (exact) mass is 528 g/mol. The summed E-state index contributed by atoms with van der Waals surface area (Å²) in [4.78, 5) is 12.6. The Hall–Kier alpha value is -3.65. The van der Waals surface area contributed by atoms with Crippen LogP contribution in [0.4, 0.5) is 17.6 Å². The first-order valence-electron chi connectivity index (χ1n) is 12.5. The van der Waals surface area contributed by atoms with Gasteiger partial charge in [0.05, 0.1) is 11.7 Å². The summed E-state index contributed by atoms with van der Waals surface area (Å²) in [5.41, 5.74) is 0.0116. The molecule has 1 aliphatic carbocycles. The molecule has 0 saturated heterocycles. The zero-order valence-electron chi connectivity index (χ0n) is 20.9. The second-order valence-electron chi connectivity index (χ2n) is 9.01. The Morgan fingerprint density at radius 3 is 2.26 bits per heavy atom. The Morgan fingerprint density at radius 1 is 0.895 bits per heavy atom. The number of benzene rings is 3. The molecular formula is C30H28F4O4. The fourth-order valence-electron chi connectivity index (χ4n) is 4.69. The Balaban J connectivity index is 1.45. The van der Waals surface area contributed by atoms with Gasteiger partial charge in [0.25, 0.3) is 0 Å². The normalized spacial score (nSPS) is 17.2. The van der Waals surface area contributed by atoms with Crippen molar-refractivity contribution in [2.24, 2.45) is 0 Å². The maximum atomic E-state index is 14.9. The van der Waals surface area contributed by atoms with Gasteiger partial charge in [0, 0.05) is 12.2 Å². The van der Waals surface area contributed by atoms with Gasteiger partial charge in [-0.3, -0.25) is 0 Å². The molecule has 0 heterocycles. The number of halogens is 4. The van der Waals surface area contributed by atoms with Crippen LogP contribution in [0.3, 0.4) is 0 Å². The van der Waals surface area contributed by atoms with Crippen molar-refractivity contribution in [2.75, 3.05) is 13.2 Å². The largest absolute Gasteiger partial charge is 0.486 e. The minimum Gasteiger partial charge on any atom is -0.486 e. The van der Waals surface area contributed by atoms with Crippen LogP contribution >= 0.6 is 0 Å². The van der Waals surface area contributed by atoms with E-state index in [2.05, 4.69) is 6.58 Å². The predicted molar refractivity (Wildman–Crippen MR) is 135 cm³/mol. The molecule has 8 heteroatoms. The lowest BCUT2D eigenvalue weighted by Crippen LogP contribution is -2.22. The van der Waals surface area contributed by atoms with E-state index >= 15 is 0 Å². The summed E-state index contributed by atoms with van der Waals surface area (Å²) in [7, 11) is 0. The van der Waals surface area contributed by atoms with Crippen LogP contribution in [0.15, 0.2) is 61.2 Å². The van der Waals surface area contributed by atoms with Gasteiger partial charge in [-0.05, 0) is 80.0 Å². The average Bonchev–Trinajstić information content (AvgIpc) is 2.92. The highest BCUT2D eigenvalue weighted by atomic mass is 19.2. The van der Waals surface area contributed by atoms with E-state index in [1.54, 1.807) is 0 Å². The van der Waals surface area contributed by atoms with Gasteiger partial charge in [-0.2, -0.15) is 4.39 Å². The highest BCUT2D eigenvalue weighted by Gasteiger charge is 2.28. The van der Waals surface area contributed by atoms with Gasteiger partial charge in [-0.1, -0.05) is 30.9 Å². The first-order chi connectivity index (χ1) is 18.3. The lowest BCUT2D eigenvalue weighted by molar-refractivity contribution is 0.0325. The molecule has 3 aromatic rings. The van der Waals surface area contributed by atoms with Crippen LogP contribution in [0.2, 0.25) is 0 Å². The molecule has 0 spiro atoms. The molecule has 1 saturated carbocycles. The number of hydrogen-bond donors (Lipinski definition) is 0. The molecule has 0 aromatic heterocycles. The minimum atomic E-state index is -1.26. The first kappa shape index (κ1) is 27.4. The summed E-state index contributed by atoms with van der Waals surface area (Å²) < 4.78 is 74.5. The van der Waals surface area contributed by atoms with Crippen molar-refractivity contribution < 1.29 is 36.6 Å². The molecule has 0 unspecified atom stereocenters. The molecule has 0 amide bonds. The second kappa shape index (κ2) is 12.3. The van der Waals surface area contributed by atoms with Crippen LogP contribution in [0.1, 0.15) is 54.4 Å². The third kappa shape index (κ3) is 5.91. The molecule has 38 heavy (non-hydrogen) atoms. The smallest absolute Gasteiger partial charge is 0.346 e. The third-order valence-electron chi connectivity index (χ3n) is 6.63. The van der Waals surface area contributed by atoms with E-state index in [0.717, 1.165) is 12.8 Å². The fraction of sp³-hybridized carbons (Fsp3) is 0.300. The number of carbonyl (C=O) groups excluding carboxylic acids is 1. The van der Waals surface area contributed by atoms with Gasteiger partial charge in [-0.25, -0.2) is 18.0 Å². The Labute approximate surface area is 218 Å². The van der Waals surface area contributed by atoms with Gasteiger partial charge in [0.2, 0.25) is 5.82 Å². The van der Waals surface area contributed by atoms with Crippen LogP contribution < -0.4 is 9.47 Å². The van der Waals surface area contributed by atoms with Crippen molar-refractivity contribution in [3.63, 3.8) is 0 Å². The van der Waals surface area contributed by atoms with Crippen molar-refractivity contribution in [3.05, 3.63) is 95.6 Å². The van der Waals surface area contributed by atoms with Crippen molar-refractivity contribution in [3.8, 4) is 22.6 Å². The number of rotatable bonds is 9. The van der Waals surface area contributed by atoms with Crippen molar-refractivity contribution in [1.29, 1.82) is 0 Å². The third-order valence-corrected chi connectivity index (χ3v) is 6.63. The molecule has 3 aromatic carbocycles. The van der Waals surface area contributed by atoms with E-state index in [1.807, 2.05) is 6.92 Å². The molecule has 200 valence electrons. The van der Waals surface area contributed by atoms with Crippen LogP contribution in [-0.2, 0) is 4.74 Å². The highest BCUT2D eigenvalue weighted by Crippen LogP contribution is 2.36. The Kier molecular flexibility index (Phi) is 8.84. The standard InChI is InChI=1S/C30H28F4O4/c1-3-17-37-25-16-15-23(27(32)29(25)34)19-7-11-21(12-8-19)38-30(35)24-14-13-22(26(31)28(24)33)18-5-9-20(10-6-18)36-4-2/h3,7-8,11-16,18,20H,1,4-6,9-10,17H2,2H3. The van der Waals surface area contributed by atoms with Crippen LogP contribution in [0.25, 0.3) is 11.1 Å². The Morgan fingerprint density at radius 2 is 1.61 bits per heavy atom. The van der Waals surface area contributed by atoms with E-state index in [9.17, 15) is 22.4 Å². The van der Waals surface area contributed by atoms with E-state index in [-0.39, 0.29) is 41.3 Å². The highest BCUT2D eigenvalue weighted by molar-refractivity contribution is 5.91. The number of carbonyl (C=O) groups is 1. The van der Waals surface area contributed by atoms with Crippen molar-refractivity contribution in [2.45, 2.75) is 44.6 Å². The molecule has 0 bridgehead atoms. The fourth-order valence-corrected chi connectivity index (χ4v) is 4.69. The lowest BCUT2D eigenvalue weighted by Gasteiger charge is -2.29. The maximum Gasteiger partial charge on any atom is 0.346 e. The zero-order chi connectivity index (χ0) is 27.2. The summed E-state index contributed by atoms with van der Waals surface area (Å²) in [6, 6.07) is 10.9. The van der Waals surface area contributed by atoms with Crippen LogP contribution in [0, 0.1) is 23.3 Å². The molecule has 1 aliphatic rings. The molecule has 0 radical (unpaired) electrons. The molecule has 4 nitrogen and oxygen atoms in total. The summed E-state index contributed by atoms with van der Waals surface area (Å²) in [5, 5.41) is 0. The van der Waals surface area contributed by atoms with Gasteiger partial charge in [0.1, 0.15) is 12.4 Å². The van der Waals surface area contributed by atoms with Gasteiger partial charge in [0.15, 0.2) is 23.2 Å². The number of esters is 1. The first-order valence-corrected chi connectivity index (χ1v) is 12.5. The summed E-state index contributed by atoms with van der Waals surface area (Å²) >= 11 is 0.